The van der Waals surface area contributed by atoms with Crippen molar-refractivity contribution in [3.8, 4) is 0 Å². The van der Waals surface area contributed by atoms with Crippen LogP contribution in [0, 0.1) is 20.2 Å². The first-order valence-electron chi connectivity index (χ1n) is 4.64. The molecule has 0 bridgehead atoms. The van der Waals surface area contributed by atoms with Crippen molar-refractivity contribution >= 4 is 5.69 Å². The Morgan fingerprint density at radius 1 is 1.18 bits per heavy atom. The van der Waals surface area contributed by atoms with Gasteiger partial charge in [-0.3, -0.25) is 20.2 Å². The van der Waals surface area contributed by atoms with Gasteiger partial charge in [-0.05, 0) is 17.7 Å². The third-order valence-corrected chi connectivity index (χ3v) is 2.27. The zero-order valence-corrected chi connectivity index (χ0v) is 8.59. The van der Waals surface area contributed by atoms with Crippen LogP contribution in [-0.4, -0.2) is 32.7 Å². The molecule has 0 aromatic heterocycles. The first-order valence-corrected chi connectivity index (χ1v) is 4.64. The SMILES string of the molecule is O=[N+]([O-])c1ccc(C(O)C(CO)[N+](=O)[O-])cc1. The lowest BCUT2D eigenvalue weighted by Crippen LogP contribution is -2.31. The van der Waals surface area contributed by atoms with Crippen molar-refractivity contribution in [2.45, 2.75) is 12.1 Å². The quantitative estimate of drug-likeness (QED) is 0.563. The fraction of sp³-hybridized carbons (Fsp3) is 0.333. The summed E-state index contributed by atoms with van der Waals surface area (Å²) in [6.07, 6.45) is -1.50. The van der Waals surface area contributed by atoms with Gasteiger partial charge in [0.15, 0.2) is 0 Å². The van der Waals surface area contributed by atoms with Crippen LogP contribution in [0.15, 0.2) is 24.3 Å². The normalized spacial score (nSPS) is 14.0. The highest BCUT2D eigenvalue weighted by Crippen LogP contribution is 2.21. The maximum absolute atomic E-state index is 10.5. The molecule has 2 N–H and O–H groups in total. The summed E-state index contributed by atoms with van der Waals surface area (Å²) in [5.41, 5.74) is -0.0334. The molecule has 0 saturated carbocycles. The number of hydrogen-bond acceptors (Lipinski definition) is 6. The minimum absolute atomic E-state index is 0.145. The predicted molar refractivity (Wildman–Crippen MR) is 55.9 cm³/mol. The largest absolute Gasteiger partial charge is 0.389 e. The van der Waals surface area contributed by atoms with Gasteiger partial charge < -0.3 is 10.2 Å². The van der Waals surface area contributed by atoms with Crippen LogP contribution in [0.5, 0.6) is 0 Å². The lowest BCUT2D eigenvalue weighted by atomic mass is 10.0. The molecule has 0 radical (unpaired) electrons. The molecule has 2 unspecified atom stereocenters. The van der Waals surface area contributed by atoms with Crippen LogP contribution in [0.25, 0.3) is 0 Å². The Balaban J connectivity index is 2.92. The molecule has 0 spiro atoms. The van der Waals surface area contributed by atoms with Crippen molar-refractivity contribution in [3.63, 3.8) is 0 Å². The molecule has 8 nitrogen and oxygen atoms in total. The molecule has 2 atom stereocenters. The minimum Gasteiger partial charge on any atom is -0.389 e. The summed E-state index contributed by atoms with van der Waals surface area (Å²) in [4.78, 5) is 19.5. The zero-order chi connectivity index (χ0) is 13.0. The molecule has 0 fully saturated rings. The number of aliphatic hydroxyl groups excluding tert-OH is 2. The monoisotopic (exact) mass is 242 g/mol. The van der Waals surface area contributed by atoms with Crippen LogP contribution in [0.1, 0.15) is 11.7 Å². The van der Waals surface area contributed by atoms with E-state index < -0.39 is 28.6 Å². The van der Waals surface area contributed by atoms with E-state index in [1.54, 1.807) is 0 Å². The number of nitro benzene ring substituents is 1. The fourth-order valence-electron chi connectivity index (χ4n) is 1.30. The molecule has 17 heavy (non-hydrogen) atoms. The number of rotatable bonds is 5. The second-order valence-corrected chi connectivity index (χ2v) is 3.33. The smallest absolute Gasteiger partial charge is 0.269 e. The number of aliphatic hydroxyl groups is 2. The van der Waals surface area contributed by atoms with Gasteiger partial charge in [-0.2, -0.15) is 0 Å². The van der Waals surface area contributed by atoms with Gasteiger partial charge in [0.05, 0.1) is 4.92 Å². The van der Waals surface area contributed by atoms with E-state index in [0.717, 1.165) is 12.1 Å². The summed E-state index contributed by atoms with van der Waals surface area (Å²) >= 11 is 0. The Morgan fingerprint density at radius 2 is 1.71 bits per heavy atom. The van der Waals surface area contributed by atoms with Gasteiger partial charge in [-0.15, -0.1) is 0 Å². The molecule has 0 aliphatic rings. The van der Waals surface area contributed by atoms with Crippen molar-refractivity contribution < 1.29 is 20.1 Å². The average Bonchev–Trinajstić information content (AvgIpc) is 2.29. The molecule has 0 heterocycles. The van der Waals surface area contributed by atoms with Crippen LogP contribution in [0.2, 0.25) is 0 Å². The summed E-state index contributed by atoms with van der Waals surface area (Å²) in [7, 11) is 0. The molecular formula is C9H10N2O6. The Morgan fingerprint density at radius 3 is 2.06 bits per heavy atom. The predicted octanol–water partition coefficient (Wildman–Crippen LogP) is 0.266. The first kappa shape index (κ1) is 13.0. The van der Waals surface area contributed by atoms with Crippen LogP contribution in [-0.2, 0) is 0 Å². The maximum Gasteiger partial charge on any atom is 0.269 e. The van der Waals surface area contributed by atoms with Gasteiger partial charge in [0, 0.05) is 17.1 Å². The van der Waals surface area contributed by atoms with E-state index in [0.29, 0.717) is 0 Å². The molecule has 1 aromatic rings. The third kappa shape index (κ3) is 2.95. The highest BCUT2D eigenvalue weighted by atomic mass is 16.6. The van der Waals surface area contributed by atoms with E-state index in [2.05, 4.69) is 0 Å². The molecule has 8 heteroatoms. The summed E-state index contributed by atoms with van der Waals surface area (Å²) in [6, 6.07) is 3.15. The maximum atomic E-state index is 10.5. The van der Waals surface area contributed by atoms with Crippen LogP contribution in [0.4, 0.5) is 5.69 Å². The van der Waals surface area contributed by atoms with E-state index in [1.165, 1.54) is 12.1 Å². The van der Waals surface area contributed by atoms with Crippen molar-refractivity contribution in [1.82, 2.24) is 0 Å². The Kier molecular flexibility index (Phi) is 4.07. The Hall–Kier alpha value is -2.06. The molecule has 1 rings (SSSR count). The van der Waals surface area contributed by atoms with Crippen molar-refractivity contribution in [2.75, 3.05) is 6.61 Å². The lowest BCUT2D eigenvalue weighted by Gasteiger charge is -2.13. The van der Waals surface area contributed by atoms with E-state index in [4.69, 9.17) is 5.11 Å². The standard InChI is InChI=1S/C9H10N2O6/c12-5-8(11(16)17)9(13)6-1-3-7(4-2-6)10(14)15/h1-4,8-9,12-13H,5H2. The first-order chi connectivity index (χ1) is 7.97. The topological polar surface area (TPSA) is 127 Å². The van der Waals surface area contributed by atoms with Gasteiger partial charge in [-0.25, -0.2) is 0 Å². The van der Waals surface area contributed by atoms with Crippen molar-refractivity contribution in [1.29, 1.82) is 0 Å². The average molecular weight is 242 g/mol. The van der Waals surface area contributed by atoms with Gasteiger partial charge in [0.25, 0.3) is 11.7 Å². The fourth-order valence-corrected chi connectivity index (χ4v) is 1.30. The van der Waals surface area contributed by atoms with Gasteiger partial charge >= 0.3 is 0 Å². The number of hydrogen-bond donors (Lipinski definition) is 2. The van der Waals surface area contributed by atoms with Gasteiger partial charge in [0.1, 0.15) is 12.7 Å². The molecule has 0 aliphatic heterocycles. The second-order valence-electron chi connectivity index (χ2n) is 3.33. The Labute approximate surface area is 95.4 Å². The van der Waals surface area contributed by atoms with E-state index >= 15 is 0 Å². The van der Waals surface area contributed by atoms with E-state index in [1.807, 2.05) is 0 Å². The third-order valence-electron chi connectivity index (χ3n) is 2.27. The van der Waals surface area contributed by atoms with Crippen LogP contribution in [0.3, 0.4) is 0 Å². The molecule has 0 saturated heterocycles. The van der Waals surface area contributed by atoms with E-state index in [-0.39, 0.29) is 11.3 Å². The summed E-state index contributed by atoms with van der Waals surface area (Å²) in [6.45, 7) is -0.814. The second kappa shape index (κ2) is 5.32. The molecule has 0 amide bonds. The van der Waals surface area contributed by atoms with Crippen LogP contribution < -0.4 is 0 Å². The summed E-state index contributed by atoms with van der Waals surface area (Å²) in [5.74, 6) is 0. The number of nitrogens with zero attached hydrogens (tertiary/aromatic N) is 2. The van der Waals surface area contributed by atoms with E-state index in [9.17, 15) is 25.3 Å². The highest BCUT2D eigenvalue weighted by molar-refractivity contribution is 5.34. The van der Waals surface area contributed by atoms with Crippen molar-refractivity contribution in [3.05, 3.63) is 50.1 Å². The van der Waals surface area contributed by atoms with Gasteiger partial charge in [0.2, 0.25) is 0 Å². The van der Waals surface area contributed by atoms with Crippen molar-refractivity contribution in [2.24, 2.45) is 0 Å². The summed E-state index contributed by atoms with van der Waals surface area (Å²) < 4.78 is 0. The highest BCUT2D eigenvalue weighted by Gasteiger charge is 2.30. The molecule has 92 valence electrons. The van der Waals surface area contributed by atoms with Gasteiger partial charge in [-0.1, -0.05) is 0 Å². The summed E-state index contributed by atoms with van der Waals surface area (Å²) in [5, 5.41) is 39.2. The number of benzene rings is 1. The lowest BCUT2D eigenvalue weighted by molar-refractivity contribution is -0.539. The zero-order valence-electron chi connectivity index (χ0n) is 8.59. The number of non-ortho nitro benzene ring substituents is 1. The number of nitro groups is 2. The molecule has 1 aromatic carbocycles. The minimum atomic E-state index is -1.54. The Bertz CT molecular complexity index is 418. The van der Waals surface area contributed by atoms with Crippen LogP contribution >= 0.6 is 0 Å². The molecular weight excluding hydrogens is 232 g/mol. The molecule has 0 aliphatic carbocycles.